The fraction of sp³-hybridized carbons (Fsp3) is 0.389. The van der Waals surface area contributed by atoms with E-state index in [2.05, 4.69) is 17.1 Å². The fourth-order valence-electron chi connectivity index (χ4n) is 3.72. The number of nitrogens with two attached hydrogens (primary N) is 1. The predicted octanol–water partition coefficient (Wildman–Crippen LogP) is 3.52. The first kappa shape index (κ1) is 14.1. The number of nitrogens with zero attached hydrogens (tertiary/aromatic N) is 1. The average Bonchev–Trinajstić information content (AvgIpc) is 2.98. The minimum absolute atomic E-state index is 0.233. The van der Waals surface area contributed by atoms with E-state index in [4.69, 9.17) is 5.73 Å². The highest BCUT2D eigenvalue weighted by Gasteiger charge is 2.43. The number of benzene rings is 1. The lowest BCUT2D eigenvalue weighted by Crippen LogP contribution is -2.32. The molecule has 1 atom stereocenters. The third kappa shape index (κ3) is 2.32. The van der Waals surface area contributed by atoms with E-state index >= 15 is 0 Å². The van der Waals surface area contributed by atoms with Crippen molar-refractivity contribution in [1.29, 1.82) is 0 Å². The molecule has 3 rings (SSSR count). The molecule has 21 heavy (non-hydrogen) atoms. The molecule has 3 nitrogen and oxygen atoms in total. The van der Waals surface area contributed by atoms with Crippen LogP contribution < -0.4 is 5.73 Å². The zero-order chi connectivity index (χ0) is 14.9. The molecule has 0 radical (unpaired) electrons. The molecule has 1 fully saturated rings. The first-order valence-electron chi connectivity index (χ1n) is 7.60. The summed E-state index contributed by atoms with van der Waals surface area (Å²) >= 11 is 0. The minimum Gasteiger partial charge on any atom is -0.387 e. The van der Waals surface area contributed by atoms with E-state index in [1.165, 1.54) is 5.56 Å². The summed E-state index contributed by atoms with van der Waals surface area (Å²) in [6.45, 7) is 1.99. The number of hydrogen-bond acceptors (Lipinski definition) is 3. The average molecular weight is 282 g/mol. The van der Waals surface area contributed by atoms with E-state index in [9.17, 15) is 5.11 Å². The van der Waals surface area contributed by atoms with Gasteiger partial charge in [0.05, 0.1) is 6.10 Å². The summed E-state index contributed by atoms with van der Waals surface area (Å²) in [6.07, 6.45) is 5.37. The SMILES string of the molecule is Cc1ccnc(N)c1C(O)C1(c2ccccc2)CCCC1. The first-order chi connectivity index (χ1) is 10.1. The van der Waals surface area contributed by atoms with Crippen molar-refractivity contribution in [2.24, 2.45) is 0 Å². The number of pyridine rings is 1. The molecule has 0 saturated heterocycles. The molecule has 2 aromatic rings. The van der Waals surface area contributed by atoms with Gasteiger partial charge in [0.2, 0.25) is 0 Å². The summed E-state index contributed by atoms with van der Waals surface area (Å²) in [4.78, 5) is 4.17. The predicted molar refractivity (Wildman–Crippen MR) is 84.9 cm³/mol. The highest BCUT2D eigenvalue weighted by molar-refractivity contribution is 5.48. The van der Waals surface area contributed by atoms with Crippen LogP contribution in [0.15, 0.2) is 42.6 Å². The topological polar surface area (TPSA) is 59.1 Å². The molecule has 1 aromatic carbocycles. The van der Waals surface area contributed by atoms with Crippen molar-refractivity contribution >= 4 is 5.82 Å². The van der Waals surface area contributed by atoms with Gasteiger partial charge in [0.1, 0.15) is 5.82 Å². The number of hydrogen-bond donors (Lipinski definition) is 2. The van der Waals surface area contributed by atoms with Crippen LogP contribution >= 0.6 is 0 Å². The molecule has 3 N–H and O–H groups in total. The maximum atomic E-state index is 11.2. The summed E-state index contributed by atoms with van der Waals surface area (Å²) in [7, 11) is 0. The number of aromatic nitrogens is 1. The van der Waals surface area contributed by atoms with E-state index in [0.717, 1.165) is 36.8 Å². The Hall–Kier alpha value is -1.87. The lowest BCUT2D eigenvalue weighted by molar-refractivity contribution is 0.0820. The molecule has 0 aliphatic heterocycles. The van der Waals surface area contributed by atoms with Crippen molar-refractivity contribution in [2.45, 2.75) is 44.1 Å². The summed E-state index contributed by atoms with van der Waals surface area (Å²) in [5.74, 6) is 0.449. The molecule has 1 aliphatic carbocycles. The van der Waals surface area contributed by atoms with E-state index < -0.39 is 6.10 Å². The van der Waals surface area contributed by atoms with Gasteiger partial charge >= 0.3 is 0 Å². The molecule has 1 saturated carbocycles. The largest absolute Gasteiger partial charge is 0.387 e. The Morgan fingerprint density at radius 3 is 2.43 bits per heavy atom. The highest BCUT2D eigenvalue weighted by Crippen LogP contribution is 2.50. The van der Waals surface area contributed by atoms with Crippen LogP contribution in [0.4, 0.5) is 5.82 Å². The Morgan fingerprint density at radius 2 is 1.81 bits per heavy atom. The Labute approximate surface area is 125 Å². The number of aryl methyl sites for hydroxylation is 1. The molecule has 110 valence electrons. The van der Waals surface area contributed by atoms with Crippen LogP contribution in [0.25, 0.3) is 0 Å². The molecular weight excluding hydrogens is 260 g/mol. The zero-order valence-corrected chi connectivity index (χ0v) is 12.4. The second-order valence-electron chi connectivity index (χ2n) is 6.06. The maximum Gasteiger partial charge on any atom is 0.129 e. The van der Waals surface area contributed by atoms with Gasteiger partial charge in [-0.15, -0.1) is 0 Å². The Kier molecular flexibility index (Phi) is 3.68. The van der Waals surface area contributed by atoms with E-state index in [-0.39, 0.29) is 5.41 Å². The molecule has 1 aromatic heterocycles. The van der Waals surface area contributed by atoms with Crippen molar-refractivity contribution in [3.63, 3.8) is 0 Å². The van der Waals surface area contributed by atoms with Gasteiger partial charge in [-0.05, 0) is 37.0 Å². The van der Waals surface area contributed by atoms with Crippen LogP contribution in [-0.2, 0) is 5.41 Å². The Morgan fingerprint density at radius 1 is 1.14 bits per heavy atom. The lowest BCUT2D eigenvalue weighted by Gasteiger charge is -2.36. The van der Waals surface area contributed by atoms with Gasteiger partial charge in [-0.1, -0.05) is 43.2 Å². The van der Waals surface area contributed by atoms with E-state index in [1.807, 2.05) is 31.2 Å². The molecule has 1 aliphatic rings. The molecule has 0 spiro atoms. The van der Waals surface area contributed by atoms with Gasteiger partial charge < -0.3 is 10.8 Å². The van der Waals surface area contributed by atoms with Crippen molar-refractivity contribution in [3.8, 4) is 0 Å². The van der Waals surface area contributed by atoms with E-state index in [1.54, 1.807) is 6.20 Å². The number of rotatable bonds is 3. The van der Waals surface area contributed by atoms with Crippen molar-refractivity contribution in [1.82, 2.24) is 4.98 Å². The summed E-state index contributed by atoms with van der Waals surface area (Å²) in [6, 6.07) is 12.3. The first-order valence-corrected chi connectivity index (χ1v) is 7.60. The van der Waals surface area contributed by atoms with Crippen LogP contribution in [0.1, 0.15) is 48.5 Å². The summed E-state index contributed by atoms with van der Waals surface area (Å²) in [5.41, 5.74) is 8.83. The third-order valence-electron chi connectivity index (χ3n) is 4.88. The summed E-state index contributed by atoms with van der Waals surface area (Å²) in [5, 5.41) is 11.2. The molecular formula is C18H22N2O. The molecule has 0 amide bonds. The maximum absolute atomic E-state index is 11.2. The van der Waals surface area contributed by atoms with Crippen molar-refractivity contribution in [2.75, 3.05) is 5.73 Å². The van der Waals surface area contributed by atoms with Crippen LogP contribution in [0.3, 0.4) is 0 Å². The molecule has 1 heterocycles. The number of aliphatic hydroxyl groups excluding tert-OH is 1. The van der Waals surface area contributed by atoms with Gasteiger partial charge in [0, 0.05) is 17.2 Å². The smallest absolute Gasteiger partial charge is 0.129 e. The molecule has 0 bridgehead atoms. The summed E-state index contributed by atoms with van der Waals surface area (Å²) < 4.78 is 0. The van der Waals surface area contributed by atoms with Gasteiger partial charge in [-0.2, -0.15) is 0 Å². The van der Waals surface area contributed by atoms with Crippen molar-refractivity contribution in [3.05, 3.63) is 59.3 Å². The quantitative estimate of drug-likeness (QED) is 0.905. The van der Waals surface area contributed by atoms with Crippen LogP contribution in [0.2, 0.25) is 0 Å². The molecule has 3 heteroatoms. The van der Waals surface area contributed by atoms with Crippen LogP contribution in [-0.4, -0.2) is 10.1 Å². The minimum atomic E-state index is -0.601. The van der Waals surface area contributed by atoms with Gasteiger partial charge in [0.25, 0.3) is 0 Å². The number of nitrogen functional groups attached to an aromatic ring is 1. The van der Waals surface area contributed by atoms with Crippen molar-refractivity contribution < 1.29 is 5.11 Å². The number of anilines is 1. The standard InChI is InChI=1S/C18H22N2O/c1-13-9-12-20-17(19)15(13)16(21)18(10-5-6-11-18)14-7-3-2-4-8-14/h2-4,7-9,12,16,21H,5-6,10-11H2,1H3,(H2,19,20). The zero-order valence-electron chi connectivity index (χ0n) is 12.4. The van der Waals surface area contributed by atoms with Crippen LogP contribution in [0, 0.1) is 6.92 Å². The Bertz CT molecular complexity index is 598. The van der Waals surface area contributed by atoms with Gasteiger partial charge in [-0.3, -0.25) is 0 Å². The van der Waals surface area contributed by atoms with Gasteiger partial charge in [-0.25, -0.2) is 4.98 Å². The van der Waals surface area contributed by atoms with Gasteiger partial charge in [0.15, 0.2) is 0 Å². The second kappa shape index (κ2) is 5.49. The fourth-order valence-corrected chi connectivity index (χ4v) is 3.72. The number of aliphatic hydroxyl groups is 1. The lowest BCUT2D eigenvalue weighted by atomic mass is 9.71. The van der Waals surface area contributed by atoms with E-state index in [0.29, 0.717) is 5.82 Å². The highest BCUT2D eigenvalue weighted by atomic mass is 16.3. The van der Waals surface area contributed by atoms with Crippen LogP contribution in [0.5, 0.6) is 0 Å². The monoisotopic (exact) mass is 282 g/mol. The normalized spacial score (nSPS) is 18.6. The Balaban J connectivity index is 2.10. The molecule has 1 unspecified atom stereocenters. The third-order valence-corrected chi connectivity index (χ3v) is 4.88. The second-order valence-corrected chi connectivity index (χ2v) is 6.06.